The molecule has 5 nitrogen and oxygen atoms in total. The lowest BCUT2D eigenvalue weighted by Gasteiger charge is -2.01. The van der Waals surface area contributed by atoms with E-state index in [1.165, 1.54) is 0 Å². The minimum absolute atomic E-state index is 0.293. The molecule has 1 aromatic carbocycles. The summed E-state index contributed by atoms with van der Waals surface area (Å²) < 4.78 is 1.78. The van der Waals surface area contributed by atoms with Gasteiger partial charge >= 0.3 is 0 Å². The monoisotopic (exact) mass is 228 g/mol. The first-order chi connectivity index (χ1) is 8.11. The van der Waals surface area contributed by atoms with Crippen molar-refractivity contribution in [2.45, 2.75) is 0 Å². The van der Waals surface area contributed by atoms with Crippen LogP contribution in [0, 0.1) is 0 Å². The molecule has 17 heavy (non-hydrogen) atoms. The molecule has 0 atom stereocenters. The zero-order valence-corrected chi connectivity index (χ0v) is 9.46. The van der Waals surface area contributed by atoms with E-state index in [4.69, 9.17) is 5.11 Å². The average molecular weight is 228 g/mol. The first-order valence-electron chi connectivity index (χ1n) is 4.97. The van der Waals surface area contributed by atoms with Crippen LogP contribution >= 0.6 is 0 Å². The van der Waals surface area contributed by atoms with Crippen LogP contribution in [0.25, 0.3) is 10.9 Å². The number of nitrogens with zero attached hydrogens (tertiary/aromatic N) is 4. The van der Waals surface area contributed by atoms with Crippen LogP contribution in [0.3, 0.4) is 0 Å². The summed E-state index contributed by atoms with van der Waals surface area (Å²) in [5.74, 6) is 0.0435. The second-order valence-corrected chi connectivity index (χ2v) is 3.55. The summed E-state index contributed by atoms with van der Waals surface area (Å²) in [5.41, 5.74) is 1.77. The van der Waals surface area contributed by atoms with Crippen molar-refractivity contribution < 1.29 is 5.11 Å². The third-order valence-corrected chi connectivity index (χ3v) is 2.39. The van der Waals surface area contributed by atoms with Gasteiger partial charge in [-0.2, -0.15) is 10.1 Å². The maximum Gasteiger partial charge on any atom is 0.205 e. The van der Waals surface area contributed by atoms with Crippen molar-refractivity contribution in [3.63, 3.8) is 0 Å². The number of amidine groups is 1. The number of aliphatic hydroxyl groups is 1. The second kappa shape index (κ2) is 4.21. The summed E-state index contributed by atoms with van der Waals surface area (Å²) in [6, 6.07) is 5.65. The Morgan fingerprint density at radius 2 is 2.24 bits per heavy atom. The molecule has 5 heteroatoms. The largest absolute Gasteiger partial charge is 0.494 e. The summed E-state index contributed by atoms with van der Waals surface area (Å²) in [4.78, 5) is 7.56. The highest BCUT2D eigenvalue weighted by Crippen LogP contribution is 2.16. The van der Waals surface area contributed by atoms with Crippen molar-refractivity contribution in [1.29, 1.82) is 0 Å². The van der Waals surface area contributed by atoms with Gasteiger partial charge in [0.25, 0.3) is 0 Å². The van der Waals surface area contributed by atoms with Gasteiger partial charge in [-0.05, 0) is 31.5 Å². The molecule has 0 aliphatic carbocycles. The predicted octanol–water partition coefficient (Wildman–Crippen LogP) is 2.05. The maximum absolute atomic E-state index is 9.05. The highest BCUT2D eigenvalue weighted by atomic mass is 16.3. The van der Waals surface area contributed by atoms with Crippen LogP contribution in [0.1, 0.15) is 5.56 Å². The van der Waals surface area contributed by atoms with E-state index in [1.807, 2.05) is 25.2 Å². The molecule has 0 saturated carbocycles. The molecule has 1 N–H and O–H groups in total. The van der Waals surface area contributed by atoms with Gasteiger partial charge in [-0.15, -0.1) is 0 Å². The molecular weight excluding hydrogens is 216 g/mol. The molecule has 0 fully saturated rings. The highest BCUT2D eigenvalue weighted by molar-refractivity contribution is 6.04. The Kier molecular flexibility index (Phi) is 2.74. The van der Waals surface area contributed by atoms with Crippen LogP contribution < -0.4 is 0 Å². The lowest BCUT2D eigenvalue weighted by molar-refractivity contribution is 0.410. The number of hydrogen-bond donors (Lipinski definition) is 1. The van der Waals surface area contributed by atoms with Crippen LogP contribution in [-0.4, -0.2) is 27.4 Å². The predicted molar refractivity (Wildman–Crippen MR) is 68.6 cm³/mol. The van der Waals surface area contributed by atoms with Crippen LogP contribution in [0.5, 0.6) is 0 Å². The molecule has 0 amide bonds. The molecule has 86 valence electrons. The molecule has 0 unspecified atom stereocenters. The van der Waals surface area contributed by atoms with E-state index >= 15 is 0 Å². The number of hydrogen-bond acceptors (Lipinski definition) is 3. The van der Waals surface area contributed by atoms with E-state index < -0.39 is 0 Å². The first kappa shape index (κ1) is 11.1. The van der Waals surface area contributed by atoms with E-state index in [1.54, 1.807) is 10.9 Å². The molecule has 0 aliphatic heterocycles. The van der Waals surface area contributed by atoms with Gasteiger partial charge in [0.2, 0.25) is 5.88 Å². The van der Waals surface area contributed by atoms with E-state index in [0.717, 1.165) is 16.5 Å². The van der Waals surface area contributed by atoms with Gasteiger partial charge < -0.3 is 5.11 Å². The third-order valence-electron chi connectivity index (χ3n) is 2.39. The van der Waals surface area contributed by atoms with E-state index in [0.29, 0.717) is 5.84 Å². The summed E-state index contributed by atoms with van der Waals surface area (Å²) in [6.07, 6.45) is 1.76. The van der Waals surface area contributed by atoms with Gasteiger partial charge in [0.1, 0.15) is 0 Å². The Morgan fingerprint density at radius 1 is 1.47 bits per heavy atom. The van der Waals surface area contributed by atoms with E-state index in [2.05, 4.69) is 28.4 Å². The average Bonchev–Trinajstić information content (AvgIpc) is 2.67. The Labute approximate surface area is 98.4 Å². The molecule has 0 radical (unpaired) electrons. The van der Waals surface area contributed by atoms with Gasteiger partial charge in [-0.3, -0.25) is 4.68 Å². The molecule has 2 aromatic rings. The lowest BCUT2D eigenvalue weighted by Crippen LogP contribution is -1.97. The normalized spacial score (nSPS) is 11.7. The van der Waals surface area contributed by atoms with Gasteiger partial charge in [-0.25, -0.2) is 4.99 Å². The molecule has 0 spiro atoms. The summed E-state index contributed by atoms with van der Waals surface area (Å²) in [7, 11) is 1.87. The summed E-state index contributed by atoms with van der Waals surface area (Å²) >= 11 is 0. The molecule has 0 aliphatic rings. The molecule has 0 bridgehead atoms. The Morgan fingerprint density at radius 3 is 2.88 bits per heavy atom. The molecule has 1 heterocycles. The standard InChI is InChI=1S/C12H12N4O/c1-8(17)15-12(13-2)9-4-5-11-10(6-9)7-14-16(11)3/h4-7,17H,1-2H2,3H3/b15-12-. The van der Waals surface area contributed by atoms with Gasteiger partial charge in [0.05, 0.1) is 11.7 Å². The van der Waals surface area contributed by atoms with Gasteiger partial charge in [-0.1, -0.05) is 0 Å². The number of aromatic nitrogens is 2. The van der Waals surface area contributed by atoms with Crippen LogP contribution in [0.4, 0.5) is 0 Å². The highest BCUT2D eigenvalue weighted by Gasteiger charge is 2.05. The number of rotatable bonds is 2. The Hall–Kier alpha value is -2.43. The zero-order chi connectivity index (χ0) is 12.4. The quantitative estimate of drug-likeness (QED) is 0.485. The minimum atomic E-state index is -0.293. The van der Waals surface area contributed by atoms with Crippen molar-refractivity contribution in [1.82, 2.24) is 9.78 Å². The fourth-order valence-corrected chi connectivity index (χ4v) is 1.62. The smallest absolute Gasteiger partial charge is 0.205 e. The first-order valence-corrected chi connectivity index (χ1v) is 4.97. The van der Waals surface area contributed by atoms with Crippen LogP contribution in [0.2, 0.25) is 0 Å². The SMILES string of the molecule is C=N/C(=N\C(=C)O)c1ccc2c(cnn2C)c1. The fraction of sp³-hybridized carbons (Fsp3) is 0.0833. The number of benzene rings is 1. The van der Waals surface area contributed by atoms with Crippen molar-refractivity contribution in [2.24, 2.45) is 17.0 Å². The number of aliphatic imine (C=N–C) groups is 2. The molecule has 1 aromatic heterocycles. The molecule has 0 saturated heterocycles. The van der Waals surface area contributed by atoms with E-state index in [9.17, 15) is 0 Å². The zero-order valence-electron chi connectivity index (χ0n) is 9.46. The number of aliphatic hydroxyl groups excluding tert-OH is 1. The van der Waals surface area contributed by atoms with E-state index in [-0.39, 0.29) is 5.88 Å². The Bertz CT molecular complexity index is 624. The summed E-state index contributed by atoms with van der Waals surface area (Å²) in [6.45, 7) is 6.72. The van der Waals surface area contributed by atoms with Gasteiger partial charge in [0.15, 0.2) is 5.84 Å². The van der Waals surface area contributed by atoms with Crippen molar-refractivity contribution >= 4 is 23.5 Å². The fourth-order valence-electron chi connectivity index (χ4n) is 1.62. The Balaban J connectivity index is 2.55. The third kappa shape index (κ3) is 2.08. The molecular formula is C12H12N4O. The number of fused-ring (bicyclic) bond motifs is 1. The lowest BCUT2D eigenvalue weighted by atomic mass is 10.1. The summed E-state index contributed by atoms with van der Waals surface area (Å²) in [5, 5.41) is 14.2. The van der Waals surface area contributed by atoms with Crippen LogP contribution in [-0.2, 0) is 7.05 Å². The van der Waals surface area contributed by atoms with Gasteiger partial charge in [0, 0.05) is 18.0 Å². The second-order valence-electron chi connectivity index (χ2n) is 3.55. The van der Waals surface area contributed by atoms with Crippen molar-refractivity contribution in [2.75, 3.05) is 0 Å². The minimum Gasteiger partial charge on any atom is -0.494 e. The van der Waals surface area contributed by atoms with Crippen LogP contribution in [0.15, 0.2) is 46.8 Å². The van der Waals surface area contributed by atoms with Crippen molar-refractivity contribution in [3.05, 3.63) is 42.4 Å². The maximum atomic E-state index is 9.05. The number of aryl methyl sites for hydroxylation is 1. The molecule has 2 rings (SSSR count). The van der Waals surface area contributed by atoms with Crippen molar-refractivity contribution in [3.8, 4) is 0 Å². The topological polar surface area (TPSA) is 62.8 Å².